The van der Waals surface area contributed by atoms with Crippen LogP contribution in [-0.2, 0) is 11.3 Å². The third kappa shape index (κ3) is 3.73. The predicted molar refractivity (Wildman–Crippen MR) is 69.1 cm³/mol. The van der Waals surface area contributed by atoms with E-state index < -0.39 is 0 Å². The fourth-order valence-corrected chi connectivity index (χ4v) is 2.21. The maximum absolute atomic E-state index is 5.63. The molecule has 0 aliphatic rings. The van der Waals surface area contributed by atoms with Crippen LogP contribution in [0.3, 0.4) is 0 Å². The molecule has 0 saturated carbocycles. The fourth-order valence-electron chi connectivity index (χ4n) is 1.29. The van der Waals surface area contributed by atoms with Gasteiger partial charge in [-0.1, -0.05) is 0 Å². The van der Waals surface area contributed by atoms with E-state index in [9.17, 15) is 0 Å². The molecule has 1 heterocycles. The van der Waals surface area contributed by atoms with Gasteiger partial charge in [0.1, 0.15) is 0 Å². The molecule has 0 amide bonds. The summed E-state index contributed by atoms with van der Waals surface area (Å²) in [6.07, 6.45) is 0.283. The minimum atomic E-state index is 0.283. The Hall–Kier alpha value is -0.650. The molecule has 1 rings (SSSR count). The van der Waals surface area contributed by atoms with E-state index in [2.05, 4.69) is 9.88 Å². The molecule has 0 spiro atoms. The van der Waals surface area contributed by atoms with E-state index in [4.69, 9.17) is 10.5 Å². The third-order valence-electron chi connectivity index (χ3n) is 2.27. The lowest BCUT2D eigenvalue weighted by atomic mass is 10.4. The van der Waals surface area contributed by atoms with Crippen LogP contribution < -0.4 is 10.6 Å². The van der Waals surface area contributed by atoms with Crippen molar-refractivity contribution in [3.05, 3.63) is 10.6 Å². The molecule has 4 nitrogen and oxygen atoms in total. The Morgan fingerprint density at radius 1 is 1.50 bits per heavy atom. The second-order valence-corrected chi connectivity index (χ2v) is 5.11. The van der Waals surface area contributed by atoms with Gasteiger partial charge in [0, 0.05) is 25.0 Å². The van der Waals surface area contributed by atoms with E-state index in [0.29, 0.717) is 6.54 Å². The molecule has 0 bridgehead atoms. The van der Waals surface area contributed by atoms with Gasteiger partial charge in [0.15, 0.2) is 5.13 Å². The van der Waals surface area contributed by atoms with Gasteiger partial charge in [-0.2, -0.15) is 0 Å². The fraction of sp³-hybridized carbons (Fsp3) is 0.727. The molecule has 0 atom stereocenters. The molecule has 0 aliphatic heterocycles. The molecule has 2 N–H and O–H groups in total. The van der Waals surface area contributed by atoms with Crippen LogP contribution in [0.5, 0.6) is 0 Å². The summed E-state index contributed by atoms with van der Waals surface area (Å²) in [5, 5.41) is 1.02. The number of nitrogens with zero attached hydrogens (tertiary/aromatic N) is 2. The standard InChI is InChI=1S/C11H21N3OS/c1-8(2)15-6-5-14(4)11-13-9(3)10(7-12)16-11/h8H,5-7,12H2,1-4H3. The van der Waals surface area contributed by atoms with E-state index in [1.54, 1.807) is 11.3 Å². The number of aromatic nitrogens is 1. The van der Waals surface area contributed by atoms with Gasteiger partial charge in [-0.3, -0.25) is 0 Å². The van der Waals surface area contributed by atoms with Crippen molar-refractivity contribution in [2.24, 2.45) is 5.73 Å². The molecule has 0 aromatic carbocycles. The minimum Gasteiger partial charge on any atom is -0.377 e. The second kappa shape index (κ2) is 6.18. The van der Waals surface area contributed by atoms with Crippen LogP contribution in [0.15, 0.2) is 0 Å². The van der Waals surface area contributed by atoms with Crippen molar-refractivity contribution >= 4 is 16.5 Å². The Morgan fingerprint density at radius 3 is 2.69 bits per heavy atom. The number of hydrogen-bond donors (Lipinski definition) is 1. The number of anilines is 1. The van der Waals surface area contributed by atoms with Gasteiger partial charge >= 0.3 is 0 Å². The maximum Gasteiger partial charge on any atom is 0.185 e. The maximum atomic E-state index is 5.63. The van der Waals surface area contributed by atoms with Crippen molar-refractivity contribution in [1.29, 1.82) is 0 Å². The number of ether oxygens (including phenoxy) is 1. The third-order valence-corrected chi connectivity index (χ3v) is 3.57. The van der Waals surface area contributed by atoms with Gasteiger partial charge in [-0.25, -0.2) is 4.98 Å². The number of aryl methyl sites for hydroxylation is 1. The van der Waals surface area contributed by atoms with Crippen molar-refractivity contribution in [3.8, 4) is 0 Å². The van der Waals surface area contributed by atoms with Gasteiger partial charge in [0.05, 0.1) is 18.4 Å². The molecule has 1 aromatic heterocycles. The molecular formula is C11H21N3OS. The number of thiazole rings is 1. The zero-order valence-electron chi connectivity index (χ0n) is 10.5. The zero-order valence-corrected chi connectivity index (χ0v) is 11.3. The summed E-state index contributed by atoms with van der Waals surface area (Å²) in [4.78, 5) is 7.76. The summed E-state index contributed by atoms with van der Waals surface area (Å²) in [6, 6.07) is 0. The number of hydrogen-bond acceptors (Lipinski definition) is 5. The van der Waals surface area contributed by atoms with Crippen molar-refractivity contribution < 1.29 is 4.74 Å². The lowest BCUT2D eigenvalue weighted by molar-refractivity contribution is 0.0846. The molecule has 0 radical (unpaired) electrons. The molecule has 92 valence electrons. The van der Waals surface area contributed by atoms with E-state index in [0.717, 1.165) is 28.9 Å². The van der Waals surface area contributed by atoms with Crippen LogP contribution in [0.1, 0.15) is 24.4 Å². The van der Waals surface area contributed by atoms with Crippen LogP contribution in [0.25, 0.3) is 0 Å². The van der Waals surface area contributed by atoms with Crippen molar-refractivity contribution in [2.75, 3.05) is 25.1 Å². The SMILES string of the molecule is Cc1nc(N(C)CCOC(C)C)sc1CN. The van der Waals surface area contributed by atoms with Crippen LogP contribution in [0, 0.1) is 6.92 Å². The van der Waals surface area contributed by atoms with Gasteiger partial charge in [-0.05, 0) is 20.8 Å². The Labute approximate surface area is 101 Å². The lowest BCUT2D eigenvalue weighted by Crippen LogP contribution is -2.23. The van der Waals surface area contributed by atoms with E-state index in [1.165, 1.54) is 0 Å². The van der Waals surface area contributed by atoms with Crippen LogP contribution >= 0.6 is 11.3 Å². The van der Waals surface area contributed by atoms with Crippen LogP contribution in [0.2, 0.25) is 0 Å². The quantitative estimate of drug-likeness (QED) is 0.827. The summed E-state index contributed by atoms with van der Waals surface area (Å²) >= 11 is 1.66. The molecule has 1 aromatic rings. The first-order chi connectivity index (χ1) is 7.54. The Bertz CT molecular complexity index is 325. The molecule has 0 unspecified atom stereocenters. The molecule has 0 aliphatic carbocycles. The lowest BCUT2D eigenvalue weighted by Gasteiger charge is -2.16. The number of nitrogens with two attached hydrogens (primary N) is 1. The highest BCUT2D eigenvalue weighted by Crippen LogP contribution is 2.24. The first-order valence-corrected chi connectivity index (χ1v) is 6.35. The average Bonchev–Trinajstić information content (AvgIpc) is 2.59. The van der Waals surface area contributed by atoms with Crippen molar-refractivity contribution in [3.63, 3.8) is 0 Å². The Morgan fingerprint density at radius 2 is 2.19 bits per heavy atom. The summed E-state index contributed by atoms with van der Waals surface area (Å²) < 4.78 is 5.51. The monoisotopic (exact) mass is 243 g/mol. The summed E-state index contributed by atoms with van der Waals surface area (Å²) in [5.74, 6) is 0. The molecule has 5 heteroatoms. The highest BCUT2D eigenvalue weighted by atomic mass is 32.1. The van der Waals surface area contributed by atoms with Crippen LogP contribution in [0.4, 0.5) is 5.13 Å². The summed E-state index contributed by atoms with van der Waals surface area (Å²) in [6.45, 7) is 8.24. The smallest absolute Gasteiger partial charge is 0.185 e. The predicted octanol–water partition coefficient (Wildman–Crippen LogP) is 1.77. The van der Waals surface area contributed by atoms with Crippen molar-refractivity contribution in [1.82, 2.24) is 4.98 Å². The van der Waals surface area contributed by atoms with Crippen LogP contribution in [-0.4, -0.2) is 31.3 Å². The first kappa shape index (κ1) is 13.4. The topological polar surface area (TPSA) is 51.4 Å². The Balaban J connectivity index is 2.49. The molecule has 0 fully saturated rings. The van der Waals surface area contributed by atoms with E-state index in [1.807, 2.05) is 27.8 Å². The Kier molecular flexibility index (Phi) is 5.18. The van der Waals surface area contributed by atoms with E-state index in [-0.39, 0.29) is 6.10 Å². The number of likely N-dealkylation sites (N-methyl/N-ethyl adjacent to an activating group) is 1. The summed E-state index contributed by atoms with van der Waals surface area (Å²) in [5.41, 5.74) is 6.67. The highest BCUT2D eigenvalue weighted by Gasteiger charge is 2.09. The number of rotatable bonds is 6. The first-order valence-electron chi connectivity index (χ1n) is 5.53. The molecule has 0 saturated heterocycles. The van der Waals surface area contributed by atoms with Gasteiger partial charge in [0.25, 0.3) is 0 Å². The molecule has 16 heavy (non-hydrogen) atoms. The highest BCUT2D eigenvalue weighted by molar-refractivity contribution is 7.15. The molecular weight excluding hydrogens is 222 g/mol. The minimum absolute atomic E-state index is 0.283. The van der Waals surface area contributed by atoms with Gasteiger partial charge in [-0.15, -0.1) is 11.3 Å². The summed E-state index contributed by atoms with van der Waals surface area (Å²) in [7, 11) is 2.03. The zero-order chi connectivity index (χ0) is 12.1. The normalized spacial score (nSPS) is 11.1. The largest absolute Gasteiger partial charge is 0.377 e. The van der Waals surface area contributed by atoms with Crippen molar-refractivity contribution in [2.45, 2.75) is 33.4 Å². The average molecular weight is 243 g/mol. The van der Waals surface area contributed by atoms with Gasteiger partial charge < -0.3 is 15.4 Å². The van der Waals surface area contributed by atoms with Gasteiger partial charge in [0.2, 0.25) is 0 Å². The second-order valence-electron chi connectivity index (χ2n) is 4.05. The van der Waals surface area contributed by atoms with E-state index >= 15 is 0 Å².